The maximum atomic E-state index is 12.0. The lowest BCUT2D eigenvalue weighted by Crippen LogP contribution is -2.36. The third-order valence-corrected chi connectivity index (χ3v) is 2.87. The molecular formula is C16H15N3O2. The number of carbonyl (C=O) groups excluding carboxylic acids is 1. The summed E-state index contributed by atoms with van der Waals surface area (Å²) in [4.78, 5) is 16.0. The molecule has 5 heteroatoms. The first kappa shape index (κ1) is 14.5. The first-order chi connectivity index (χ1) is 10.2. The Labute approximate surface area is 123 Å². The van der Waals surface area contributed by atoms with Crippen LogP contribution >= 0.6 is 0 Å². The molecule has 1 heterocycles. The normalized spacial score (nSPS) is 11.2. The Hall–Kier alpha value is -2.87. The van der Waals surface area contributed by atoms with Crippen molar-refractivity contribution in [1.82, 2.24) is 10.3 Å². The summed E-state index contributed by atoms with van der Waals surface area (Å²) in [5.74, 6) is 0.163. The molecule has 0 aliphatic carbocycles. The summed E-state index contributed by atoms with van der Waals surface area (Å²) in [5, 5.41) is 11.8. The lowest BCUT2D eigenvalue weighted by atomic mass is 10.2. The first-order valence-corrected chi connectivity index (χ1v) is 6.53. The van der Waals surface area contributed by atoms with Gasteiger partial charge in [-0.2, -0.15) is 5.26 Å². The molecule has 1 aromatic carbocycles. The molecule has 0 aliphatic rings. The molecule has 0 saturated heterocycles. The van der Waals surface area contributed by atoms with Crippen LogP contribution in [0.4, 0.5) is 0 Å². The highest BCUT2D eigenvalue weighted by atomic mass is 16.5. The van der Waals surface area contributed by atoms with E-state index in [2.05, 4.69) is 10.3 Å². The van der Waals surface area contributed by atoms with Gasteiger partial charge in [-0.3, -0.25) is 9.78 Å². The number of rotatable bonds is 5. The monoisotopic (exact) mass is 281 g/mol. The van der Waals surface area contributed by atoms with Gasteiger partial charge < -0.3 is 10.1 Å². The average molecular weight is 281 g/mol. The Bertz CT molecular complexity index is 650. The second-order valence-corrected chi connectivity index (χ2v) is 4.45. The molecule has 0 aliphatic heterocycles. The summed E-state index contributed by atoms with van der Waals surface area (Å²) in [6.07, 6.45) is 2.68. The smallest absolute Gasteiger partial charge is 0.261 e. The molecule has 1 N–H and O–H groups in total. The minimum atomic E-state index is -0.684. The van der Waals surface area contributed by atoms with E-state index < -0.39 is 6.10 Å². The van der Waals surface area contributed by atoms with Crippen LogP contribution in [0.1, 0.15) is 18.1 Å². The van der Waals surface area contributed by atoms with Crippen molar-refractivity contribution in [3.63, 3.8) is 0 Å². The van der Waals surface area contributed by atoms with E-state index in [4.69, 9.17) is 10.00 Å². The predicted molar refractivity (Wildman–Crippen MR) is 77.3 cm³/mol. The van der Waals surface area contributed by atoms with E-state index >= 15 is 0 Å². The maximum absolute atomic E-state index is 12.0. The van der Waals surface area contributed by atoms with Gasteiger partial charge in [-0.05, 0) is 30.7 Å². The molecule has 0 saturated carbocycles. The molecule has 5 nitrogen and oxygen atoms in total. The van der Waals surface area contributed by atoms with Crippen molar-refractivity contribution in [3.05, 3.63) is 59.9 Å². The topological polar surface area (TPSA) is 75.0 Å². The van der Waals surface area contributed by atoms with E-state index in [9.17, 15) is 4.79 Å². The van der Waals surface area contributed by atoms with Gasteiger partial charge in [0.2, 0.25) is 0 Å². The van der Waals surface area contributed by atoms with Gasteiger partial charge in [0, 0.05) is 18.9 Å². The Balaban J connectivity index is 1.92. The fraction of sp³-hybridized carbons (Fsp3) is 0.188. The number of pyridine rings is 1. The summed E-state index contributed by atoms with van der Waals surface area (Å²) >= 11 is 0. The quantitative estimate of drug-likeness (QED) is 0.910. The molecule has 21 heavy (non-hydrogen) atoms. The summed E-state index contributed by atoms with van der Waals surface area (Å²) in [6, 6.07) is 12.5. The molecule has 1 unspecified atom stereocenters. The molecule has 2 aromatic rings. The van der Waals surface area contributed by atoms with Gasteiger partial charge in [-0.1, -0.05) is 18.2 Å². The molecule has 0 spiro atoms. The minimum absolute atomic E-state index is 0.244. The van der Waals surface area contributed by atoms with Gasteiger partial charge >= 0.3 is 0 Å². The van der Waals surface area contributed by atoms with Crippen molar-refractivity contribution < 1.29 is 9.53 Å². The molecule has 0 fully saturated rings. The second-order valence-electron chi connectivity index (χ2n) is 4.45. The Morgan fingerprint density at radius 2 is 2.19 bits per heavy atom. The van der Waals surface area contributed by atoms with E-state index in [0.29, 0.717) is 17.9 Å². The fourth-order valence-electron chi connectivity index (χ4n) is 1.74. The molecule has 106 valence electrons. The largest absolute Gasteiger partial charge is 0.480 e. The number of benzene rings is 1. The van der Waals surface area contributed by atoms with Crippen molar-refractivity contribution in [3.8, 4) is 11.8 Å². The second kappa shape index (κ2) is 7.06. The first-order valence-electron chi connectivity index (χ1n) is 6.53. The molecule has 2 rings (SSSR count). The van der Waals surface area contributed by atoms with Crippen molar-refractivity contribution in [2.75, 3.05) is 0 Å². The van der Waals surface area contributed by atoms with Crippen LogP contribution in [-0.2, 0) is 11.3 Å². The molecule has 1 amide bonds. The number of para-hydroxylation sites is 1. The number of amides is 1. The van der Waals surface area contributed by atoms with E-state index in [1.54, 1.807) is 43.6 Å². The van der Waals surface area contributed by atoms with E-state index in [0.717, 1.165) is 5.56 Å². The van der Waals surface area contributed by atoms with Gasteiger partial charge in [-0.15, -0.1) is 0 Å². The molecule has 1 atom stereocenters. The SMILES string of the molecule is CC(Oc1ccccc1C#N)C(=O)NCc1cccnc1. The Morgan fingerprint density at radius 1 is 1.38 bits per heavy atom. The molecular weight excluding hydrogens is 266 g/mol. The third kappa shape index (κ3) is 4.05. The standard InChI is InChI=1S/C16H15N3O2/c1-12(21-15-7-3-2-6-14(15)9-17)16(20)19-11-13-5-4-8-18-10-13/h2-8,10,12H,11H2,1H3,(H,19,20). The number of hydrogen-bond acceptors (Lipinski definition) is 4. The summed E-state index contributed by atoms with van der Waals surface area (Å²) in [6.45, 7) is 2.03. The maximum Gasteiger partial charge on any atom is 0.261 e. The Morgan fingerprint density at radius 3 is 2.90 bits per heavy atom. The zero-order valence-electron chi connectivity index (χ0n) is 11.6. The number of ether oxygens (including phenoxy) is 1. The summed E-state index contributed by atoms with van der Waals surface area (Å²) in [5.41, 5.74) is 1.32. The predicted octanol–water partition coefficient (Wildman–Crippen LogP) is 2.04. The highest BCUT2D eigenvalue weighted by Crippen LogP contribution is 2.18. The van der Waals surface area contributed by atoms with Crippen LogP contribution in [0.25, 0.3) is 0 Å². The summed E-state index contributed by atoms with van der Waals surface area (Å²) < 4.78 is 5.54. The van der Waals surface area contributed by atoms with Gasteiger partial charge in [0.1, 0.15) is 11.8 Å². The van der Waals surface area contributed by atoms with Crippen molar-refractivity contribution in [2.45, 2.75) is 19.6 Å². The lowest BCUT2D eigenvalue weighted by Gasteiger charge is -2.15. The van der Waals surface area contributed by atoms with Crippen LogP contribution in [0.3, 0.4) is 0 Å². The number of nitrogens with one attached hydrogen (secondary N) is 1. The zero-order chi connectivity index (χ0) is 15.1. The number of hydrogen-bond donors (Lipinski definition) is 1. The van der Waals surface area contributed by atoms with Crippen LogP contribution in [0.2, 0.25) is 0 Å². The number of nitrogens with zero attached hydrogens (tertiary/aromatic N) is 2. The highest BCUT2D eigenvalue weighted by molar-refractivity contribution is 5.80. The molecule has 1 aromatic heterocycles. The van der Waals surface area contributed by atoms with Gasteiger partial charge in [0.15, 0.2) is 6.10 Å². The fourth-order valence-corrected chi connectivity index (χ4v) is 1.74. The van der Waals surface area contributed by atoms with Gasteiger partial charge in [-0.25, -0.2) is 0 Å². The van der Waals surface area contributed by atoms with E-state index in [1.165, 1.54) is 0 Å². The van der Waals surface area contributed by atoms with E-state index in [-0.39, 0.29) is 5.91 Å². The van der Waals surface area contributed by atoms with Crippen molar-refractivity contribution in [1.29, 1.82) is 5.26 Å². The van der Waals surface area contributed by atoms with Crippen LogP contribution in [0.5, 0.6) is 5.75 Å². The number of carbonyl (C=O) groups is 1. The molecule has 0 radical (unpaired) electrons. The van der Waals surface area contributed by atoms with Crippen molar-refractivity contribution >= 4 is 5.91 Å². The van der Waals surface area contributed by atoms with Crippen LogP contribution in [0.15, 0.2) is 48.8 Å². The third-order valence-electron chi connectivity index (χ3n) is 2.87. The van der Waals surface area contributed by atoms with Crippen LogP contribution < -0.4 is 10.1 Å². The highest BCUT2D eigenvalue weighted by Gasteiger charge is 2.15. The van der Waals surface area contributed by atoms with Gasteiger partial charge in [0.05, 0.1) is 5.56 Å². The van der Waals surface area contributed by atoms with Crippen LogP contribution in [-0.4, -0.2) is 17.0 Å². The zero-order valence-corrected chi connectivity index (χ0v) is 11.6. The lowest BCUT2D eigenvalue weighted by molar-refractivity contribution is -0.127. The average Bonchev–Trinajstić information content (AvgIpc) is 2.54. The Kier molecular flexibility index (Phi) is 4.89. The number of aromatic nitrogens is 1. The summed E-state index contributed by atoms with van der Waals surface area (Å²) in [7, 11) is 0. The van der Waals surface area contributed by atoms with Crippen LogP contribution in [0, 0.1) is 11.3 Å². The van der Waals surface area contributed by atoms with Gasteiger partial charge in [0.25, 0.3) is 5.91 Å². The number of nitriles is 1. The van der Waals surface area contributed by atoms with Crippen molar-refractivity contribution in [2.24, 2.45) is 0 Å². The molecule has 0 bridgehead atoms. The van der Waals surface area contributed by atoms with E-state index in [1.807, 2.05) is 18.2 Å². The minimum Gasteiger partial charge on any atom is -0.480 e.